The number of nitrogens with one attached hydrogen (secondary N) is 1. The zero-order valence-electron chi connectivity index (χ0n) is 15.6. The molecule has 0 amide bonds. The van der Waals surface area contributed by atoms with Crippen molar-refractivity contribution in [3.05, 3.63) is 60.1 Å². The normalized spacial score (nSPS) is 15.7. The third-order valence-corrected chi connectivity index (χ3v) is 4.24. The van der Waals surface area contributed by atoms with Crippen molar-refractivity contribution in [2.24, 2.45) is 0 Å². The van der Waals surface area contributed by atoms with Crippen molar-refractivity contribution >= 4 is 11.9 Å². The molecule has 0 saturated carbocycles. The van der Waals surface area contributed by atoms with E-state index in [1.165, 1.54) is 6.33 Å². The second-order valence-corrected chi connectivity index (χ2v) is 6.06. The fraction of sp³-hybridized carbons (Fsp3) is 0.350. The SMILES string of the molecule is C=CCOc1ccccc1[C@H]1C(C(=O)OCC)=C(CCC)Nc2ncnn21. The maximum Gasteiger partial charge on any atom is 0.338 e. The number of aromatic nitrogens is 3. The van der Waals surface area contributed by atoms with Gasteiger partial charge in [-0.1, -0.05) is 44.2 Å². The van der Waals surface area contributed by atoms with Gasteiger partial charge in [-0.3, -0.25) is 0 Å². The predicted octanol–water partition coefficient (Wildman–Crippen LogP) is 3.48. The summed E-state index contributed by atoms with van der Waals surface area (Å²) in [6.07, 6.45) is 4.73. The van der Waals surface area contributed by atoms with Gasteiger partial charge in [-0.2, -0.15) is 10.1 Å². The van der Waals surface area contributed by atoms with Crippen LogP contribution < -0.4 is 10.1 Å². The molecular weight excluding hydrogens is 344 g/mol. The van der Waals surface area contributed by atoms with Crippen LogP contribution in [-0.4, -0.2) is 33.9 Å². The Balaban J connectivity index is 2.17. The molecule has 27 heavy (non-hydrogen) atoms. The number of fused-ring (bicyclic) bond motifs is 1. The summed E-state index contributed by atoms with van der Waals surface area (Å²) in [6.45, 7) is 8.23. The van der Waals surface area contributed by atoms with E-state index in [4.69, 9.17) is 9.47 Å². The fourth-order valence-corrected chi connectivity index (χ4v) is 3.18. The Morgan fingerprint density at radius 2 is 2.19 bits per heavy atom. The number of carbonyl (C=O) groups is 1. The quantitative estimate of drug-likeness (QED) is 0.568. The number of ether oxygens (including phenoxy) is 2. The van der Waals surface area contributed by atoms with Crippen molar-refractivity contribution in [3.8, 4) is 5.75 Å². The molecule has 142 valence electrons. The summed E-state index contributed by atoms with van der Waals surface area (Å²) in [5.41, 5.74) is 2.16. The fourth-order valence-electron chi connectivity index (χ4n) is 3.18. The minimum absolute atomic E-state index is 0.299. The van der Waals surface area contributed by atoms with Gasteiger partial charge in [0.05, 0.1) is 12.2 Å². The van der Waals surface area contributed by atoms with Crippen LogP contribution in [0.1, 0.15) is 38.3 Å². The topological polar surface area (TPSA) is 78.3 Å². The lowest BCUT2D eigenvalue weighted by Gasteiger charge is -2.30. The number of anilines is 1. The van der Waals surface area contributed by atoms with Gasteiger partial charge < -0.3 is 14.8 Å². The van der Waals surface area contributed by atoms with Gasteiger partial charge in [0.25, 0.3) is 0 Å². The molecule has 0 aliphatic carbocycles. The Labute approximate surface area is 158 Å². The van der Waals surface area contributed by atoms with Crippen LogP contribution >= 0.6 is 0 Å². The van der Waals surface area contributed by atoms with E-state index >= 15 is 0 Å². The number of esters is 1. The molecule has 0 unspecified atom stereocenters. The van der Waals surface area contributed by atoms with Crippen LogP contribution in [0.3, 0.4) is 0 Å². The molecule has 1 aliphatic rings. The molecule has 0 saturated heterocycles. The molecule has 1 atom stereocenters. The highest BCUT2D eigenvalue weighted by molar-refractivity contribution is 5.92. The minimum Gasteiger partial charge on any atom is -0.489 e. The third-order valence-electron chi connectivity index (χ3n) is 4.24. The van der Waals surface area contributed by atoms with Crippen LogP contribution in [0.2, 0.25) is 0 Å². The lowest BCUT2D eigenvalue weighted by Crippen LogP contribution is -2.30. The van der Waals surface area contributed by atoms with Crippen molar-refractivity contribution in [2.75, 3.05) is 18.5 Å². The van der Waals surface area contributed by atoms with Crippen molar-refractivity contribution < 1.29 is 14.3 Å². The minimum atomic E-state index is -0.481. The van der Waals surface area contributed by atoms with Crippen molar-refractivity contribution in [2.45, 2.75) is 32.7 Å². The molecule has 3 rings (SSSR count). The van der Waals surface area contributed by atoms with Crippen LogP contribution in [0.4, 0.5) is 5.95 Å². The largest absolute Gasteiger partial charge is 0.489 e. The smallest absolute Gasteiger partial charge is 0.338 e. The summed E-state index contributed by atoms with van der Waals surface area (Å²) in [5.74, 6) is 0.900. The molecule has 2 aromatic rings. The summed E-state index contributed by atoms with van der Waals surface area (Å²) in [4.78, 5) is 17.2. The van der Waals surface area contributed by atoms with E-state index in [0.29, 0.717) is 36.9 Å². The number of allylic oxidation sites excluding steroid dienone is 1. The van der Waals surface area contributed by atoms with E-state index < -0.39 is 6.04 Å². The first-order valence-corrected chi connectivity index (χ1v) is 9.10. The van der Waals surface area contributed by atoms with E-state index in [1.54, 1.807) is 17.7 Å². The number of rotatable bonds is 8. The molecule has 0 spiro atoms. The van der Waals surface area contributed by atoms with Gasteiger partial charge in [0.2, 0.25) is 5.95 Å². The second kappa shape index (κ2) is 8.53. The molecule has 1 N–H and O–H groups in total. The summed E-state index contributed by atoms with van der Waals surface area (Å²) in [7, 11) is 0. The molecule has 1 aromatic carbocycles. The average molecular weight is 368 g/mol. The highest BCUT2D eigenvalue weighted by Crippen LogP contribution is 2.40. The number of nitrogens with zero attached hydrogens (tertiary/aromatic N) is 3. The van der Waals surface area contributed by atoms with Gasteiger partial charge in [-0.15, -0.1) is 0 Å². The first-order chi connectivity index (χ1) is 13.2. The highest BCUT2D eigenvalue weighted by atomic mass is 16.5. The lowest BCUT2D eigenvalue weighted by atomic mass is 9.93. The van der Waals surface area contributed by atoms with Gasteiger partial charge in [0.1, 0.15) is 24.7 Å². The second-order valence-electron chi connectivity index (χ2n) is 6.06. The van der Waals surface area contributed by atoms with Crippen molar-refractivity contribution in [3.63, 3.8) is 0 Å². The maximum atomic E-state index is 12.9. The van der Waals surface area contributed by atoms with Crippen molar-refractivity contribution in [1.29, 1.82) is 0 Å². The van der Waals surface area contributed by atoms with Gasteiger partial charge >= 0.3 is 5.97 Å². The van der Waals surface area contributed by atoms with Crippen molar-refractivity contribution in [1.82, 2.24) is 14.8 Å². The number of carbonyl (C=O) groups excluding carboxylic acids is 1. The number of benzene rings is 1. The van der Waals surface area contributed by atoms with Crippen LogP contribution in [0, 0.1) is 0 Å². The van der Waals surface area contributed by atoms with Gasteiger partial charge in [-0.05, 0) is 19.4 Å². The van der Waals surface area contributed by atoms with Gasteiger partial charge in [0, 0.05) is 11.3 Å². The number of hydrogen-bond acceptors (Lipinski definition) is 6. The predicted molar refractivity (Wildman–Crippen MR) is 102 cm³/mol. The summed E-state index contributed by atoms with van der Waals surface area (Å²) >= 11 is 0. The Kier molecular flexibility index (Phi) is 5.90. The average Bonchev–Trinajstić information content (AvgIpc) is 3.14. The van der Waals surface area contributed by atoms with Crippen LogP contribution in [0.5, 0.6) is 5.75 Å². The summed E-state index contributed by atoms with van der Waals surface area (Å²) in [5, 5.41) is 7.59. The van der Waals surface area contributed by atoms with E-state index in [9.17, 15) is 4.79 Å². The van der Waals surface area contributed by atoms with Crippen LogP contribution in [0.15, 0.2) is 54.5 Å². The summed E-state index contributed by atoms with van der Waals surface area (Å²) < 4.78 is 12.9. The van der Waals surface area contributed by atoms with E-state index in [-0.39, 0.29) is 5.97 Å². The highest BCUT2D eigenvalue weighted by Gasteiger charge is 2.36. The molecule has 2 heterocycles. The monoisotopic (exact) mass is 368 g/mol. The molecule has 1 aromatic heterocycles. The molecule has 7 nitrogen and oxygen atoms in total. The maximum absolute atomic E-state index is 12.9. The van der Waals surface area contributed by atoms with Gasteiger partial charge in [0.15, 0.2) is 0 Å². The van der Waals surface area contributed by atoms with Gasteiger partial charge in [-0.25, -0.2) is 9.48 Å². The zero-order valence-corrected chi connectivity index (χ0v) is 15.6. The molecule has 0 radical (unpaired) electrons. The lowest BCUT2D eigenvalue weighted by molar-refractivity contribution is -0.139. The summed E-state index contributed by atoms with van der Waals surface area (Å²) in [6, 6.07) is 7.14. The Hall–Kier alpha value is -3.09. The zero-order chi connectivity index (χ0) is 19.2. The Bertz CT molecular complexity index is 856. The van der Waals surface area contributed by atoms with E-state index in [2.05, 4.69) is 28.9 Å². The molecular formula is C20H24N4O3. The molecule has 0 bridgehead atoms. The van der Waals surface area contributed by atoms with E-state index in [0.717, 1.165) is 17.7 Å². The first kappa shape index (κ1) is 18.7. The Morgan fingerprint density at radius 1 is 1.37 bits per heavy atom. The third kappa shape index (κ3) is 3.72. The van der Waals surface area contributed by atoms with Crippen LogP contribution in [0.25, 0.3) is 0 Å². The molecule has 0 fully saturated rings. The number of hydrogen-bond donors (Lipinski definition) is 1. The van der Waals surface area contributed by atoms with Crippen LogP contribution in [-0.2, 0) is 9.53 Å². The number of para-hydroxylation sites is 1. The first-order valence-electron chi connectivity index (χ1n) is 9.10. The Morgan fingerprint density at radius 3 is 2.93 bits per heavy atom. The van der Waals surface area contributed by atoms with E-state index in [1.807, 2.05) is 24.3 Å². The standard InChI is InChI=1S/C20H24N4O3/c1-4-9-15-17(19(25)26-6-3)18(24-20(23-15)21-13-22-24)14-10-7-8-11-16(14)27-12-5-2/h5,7-8,10-11,13,18H,2,4,6,9,12H2,1,3H3,(H,21,22,23)/t18-/m0/s1. The molecule has 1 aliphatic heterocycles. The molecule has 7 heteroatoms.